The predicted molar refractivity (Wildman–Crippen MR) is 99.0 cm³/mol. The molecular formula is C22H37N. The lowest BCUT2D eigenvalue weighted by Gasteiger charge is -2.36. The highest BCUT2D eigenvalue weighted by Gasteiger charge is 2.30. The van der Waals surface area contributed by atoms with Gasteiger partial charge in [-0.05, 0) is 82.0 Å². The third-order valence-electron chi connectivity index (χ3n) is 6.40. The van der Waals surface area contributed by atoms with Crippen LogP contribution in [0.5, 0.6) is 0 Å². The molecule has 2 aliphatic carbocycles. The first kappa shape index (κ1) is 18.6. The van der Waals surface area contributed by atoms with E-state index in [9.17, 15) is 0 Å². The van der Waals surface area contributed by atoms with Crippen LogP contribution in [0, 0.1) is 35.0 Å². The average Bonchev–Trinajstić information content (AvgIpc) is 2.61. The molecule has 23 heavy (non-hydrogen) atoms. The van der Waals surface area contributed by atoms with E-state index in [0.717, 1.165) is 17.8 Å². The Hall–Kier alpha value is -0.770. The van der Waals surface area contributed by atoms with Gasteiger partial charge in [-0.3, -0.25) is 0 Å². The molecule has 0 aromatic heterocycles. The maximum absolute atomic E-state index is 9.03. The number of unbranched alkanes of at least 4 members (excludes halogenated alkanes) is 3. The minimum atomic E-state index is 0.367. The lowest BCUT2D eigenvalue weighted by atomic mass is 9.69. The van der Waals surface area contributed by atoms with E-state index in [2.05, 4.69) is 25.1 Å². The van der Waals surface area contributed by atoms with Gasteiger partial charge in [0.1, 0.15) is 0 Å². The molecule has 1 nitrogen and oxygen atoms in total. The summed E-state index contributed by atoms with van der Waals surface area (Å²) in [5.41, 5.74) is 0. The monoisotopic (exact) mass is 315 g/mol. The molecule has 2 rings (SSSR count). The zero-order chi connectivity index (χ0) is 16.3. The predicted octanol–water partition coefficient (Wildman–Crippen LogP) is 7.04. The Morgan fingerprint density at radius 1 is 0.826 bits per heavy atom. The van der Waals surface area contributed by atoms with E-state index in [1.165, 1.54) is 89.9 Å². The van der Waals surface area contributed by atoms with Gasteiger partial charge < -0.3 is 0 Å². The Bertz CT molecular complexity index is 362. The topological polar surface area (TPSA) is 23.8 Å². The molecule has 130 valence electrons. The Labute approximate surface area is 144 Å². The summed E-state index contributed by atoms with van der Waals surface area (Å²) in [4.78, 5) is 0. The standard InChI is InChI=1S/C22H37N/c1-2-3-4-5-6-7-8-9-19-10-14-21(15-11-19)22-16-12-20(18-23)13-17-22/h6-7,19-22H,2-5,8-17H2,1H3/b7-6+. The van der Waals surface area contributed by atoms with Gasteiger partial charge in [0, 0.05) is 5.92 Å². The molecule has 0 aromatic rings. The first-order valence-corrected chi connectivity index (χ1v) is 10.4. The van der Waals surface area contributed by atoms with Gasteiger partial charge in [-0.1, -0.05) is 44.8 Å². The van der Waals surface area contributed by atoms with Gasteiger partial charge in [0.05, 0.1) is 6.07 Å². The minimum Gasteiger partial charge on any atom is -0.198 e. The van der Waals surface area contributed by atoms with Crippen LogP contribution >= 0.6 is 0 Å². The molecule has 0 bridgehead atoms. The Morgan fingerprint density at radius 3 is 2.04 bits per heavy atom. The summed E-state index contributed by atoms with van der Waals surface area (Å²) in [5, 5.41) is 9.03. The van der Waals surface area contributed by atoms with Crippen molar-refractivity contribution >= 4 is 0 Å². The molecule has 0 radical (unpaired) electrons. The van der Waals surface area contributed by atoms with Gasteiger partial charge in [-0.25, -0.2) is 0 Å². The summed E-state index contributed by atoms with van der Waals surface area (Å²) in [5.74, 6) is 3.28. The molecule has 0 aromatic carbocycles. The van der Waals surface area contributed by atoms with Crippen LogP contribution in [0.2, 0.25) is 0 Å². The molecule has 1 heteroatoms. The Morgan fingerprint density at radius 2 is 1.43 bits per heavy atom. The highest BCUT2D eigenvalue weighted by molar-refractivity contribution is 4.90. The van der Waals surface area contributed by atoms with E-state index >= 15 is 0 Å². The third-order valence-corrected chi connectivity index (χ3v) is 6.40. The summed E-state index contributed by atoms with van der Waals surface area (Å²) in [6, 6.07) is 2.47. The van der Waals surface area contributed by atoms with Gasteiger partial charge in [-0.2, -0.15) is 5.26 Å². The molecule has 2 fully saturated rings. The van der Waals surface area contributed by atoms with Crippen molar-refractivity contribution in [3.63, 3.8) is 0 Å². The summed E-state index contributed by atoms with van der Waals surface area (Å²) < 4.78 is 0. The summed E-state index contributed by atoms with van der Waals surface area (Å²) in [7, 11) is 0. The molecule has 0 aliphatic heterocycles. The summed E-state index contributed by atoms with van der Waals surface area (Å²) in [6.07, 6.45) is 23.8. The van der Waals surface area contributed by atoms with Crippen LogP contribution in [0.3, 0.4) is 0 Å². The molecule has 0 spiro atoms. The number of nitriles is 1. The van der Waals surface area contributed by atoms with E-state index in [1.54, 1.807) is 0 Å². The average molecular weight is 316 g/mol. The number of rotatable bonds is 8. The van der Waals surface area contributed by atoms with Crippen molar-refractivity contribution in [2.45, 2.75) is 96.8 Å². The third kappa shape index (κ3) is 6.70. The fourth-order valence-electron chi connectivity index (χ4n) is 4.75. The molecule has 0 amide bonds. The van der Waals surface area contributed by atoms with Crippen LogP contribution < -0.4 is 0 Å². The van der Waals surface area contributed by atoms with Crippen LogP contribution in [-0.4, -0.2) is 0 Å². The van der Waals surface area contributed by atoms with Crippen molar-refractivity contribution in [2.24, 2.45) is 23.7 Å². The lowest BCUT2D eigenvalue weighted by Crippen LogP contribution is -2.25. The fraction of sp³-hybridized carbons (Fsp3) is 0.864. The van der Waals surface area contributed by atoms with Crippen LogP contribution in [0.25, 0.3) is 0 Å². The Kier molecular flexibility index (Phi) is 8.80. The SMILES string of the molecule is CCCCC/C=C/CCC1CCC(C2CCC(C#N)CC2)CC1. The normalized spacial score (nSPS) is 32.0. The van der Waals surface area contributed by atoms with Crippen molar-refractivity contribution in [3.05, 3.63) is 12.2 Å². The first-order chi connectivity index (χ1) is 11.3. The summed E-state index contributed by atoms with van der Waals surface area (Å²) >= 11 is 0. The molecule has 0 saturated heterocycles. The molecule has 2 aliphatic rings. The maximum Gasteiger partial charge on any atom is 0.0655 e. The van der Waals surface area contributed by atoms with Crippen LogP contribution in [0.15, 0.2) is 12.2 Å². The minimum absolute atomic E-state index is 0.367. The van der Waals surface area contributed by atoms with Crippen LogP contribution in [0.4, 0.5) is 0 Å². The van der Waals surface area contributed by atoms with Gasteiger partial charge in [0.15, 0.2) is 0 Å². The fourth-order valence-corrected chi connectivity index (χ4v) is 4.75. The molecular weight excluding hydrogens is 278 g/mol. The quantitative estimate of drug-likeness (QED) is 0.348. The van der Waals surface area contributed by atoms with E-state index in [1.807, 2.05) is 0 Å². The van der Waals surface area contributed by atoms with Crippen molar-refractivity contribution in [3.8, 4) is 6.07 Å². The number of hydrogen-bond acceptors (Lipinski definition) is 1. The van der Waals surface area contributed by atoms with Crippen molar-refractivity contribution in [1.29, 1.82) is 5.26 Å². The van der Waals surface area contributed by atoms with Crippen LogP contribution in [-0.2, 0) is 0 Å². The molecule has 0 unspecified atom stereocenters. The van der Waals surface area contributed by atoms with E-state index < -0.39 is 0 Å². The molecule has 0 N–H and O–H groups in total. The van der Waals surface area contributed by atoms with Gasteiger partial charge in [0.2, 0.25) is 0 Å². The van der Waals surface area contributed by atoms with Crippen LogP contribution in [0.1, 0.15) is 96.8 Å². The van der Waals surface area contributed by atoms with Crippen molar-refractivity contribution in [1.82, 2.24) is 0 Å². The van der Waals surface area contributed by atoms with Gasteiger partial charge in [-0.15, -0.1) is 0 Å². The van der Waals surface area contributed by atoms with Crippen molar-refractivity contribution in [2.75, 3.05) is 0 Å². The maximum atomic E-state index is 9.03. The zero-order valence-electron chi connectivity index (χ0n) is 15.3. The van der Waals surface area contributed by atoms with E-state index in [0.29, 0.717) is 5.92 Å². The second-order valence-electron chi connectivity index (χ2n) is 8.07. The van der Waals surface area contributed by atoms with E-state index in [-0.39, 0.29) is 0 Å². The highest BCUT2D eigenvalue weighted by atomic mass is 14.4. The first-order valence-electron chi connectivity index (χ1n) is 10.4. The highest BCUT2D eigenvalue weighted by Crippen LogP contribution is 2.42. The second kappa shape index (κ2) is 10.9. The molecule has 0 heterocycles. The second-order valence-corrected chi connectivity index (χ2v) is 8.07. The van der Waals surface area contributed by atoms with E-state index in [4.69, 9.17) is 5.26 Å². The largest absolute Gasteiger partial charge is 0.198 e. The van der Waals surface area contributed by atoms with Gasteiger partial charge in [0.25, 0.3) is 0 Å². The van der Waals surface area contributed by atoms with Gasteiger partial charge >= 0.3 is 0 Å². The lowest BCUT2D eigenvalue weighted by molar-refractivity contribution is 0.154. The zero-order valence-corrected chi connectivity index (χ0v) is 15.3. The number of nitrogens with zero attached hydrogens (tertiary/aromatic N) is 1. The molecule has 2 saturated carbocycles. The smallest absolute Gasteiger partial charge is 0.0655 e. The Balaban J connectivity index is 1.55. The molecule has 0 atom stereocenters. The number of allylic oxidation sites excluding steroid dienone is 2. The van der Waals surface area contributed by atoms with Crippen molar-refractivity contribution < 1.29 is 0 Å². The number of hydrogen-bond donors (Lipinski definition) is 0. The summed E-state index contributed by atoms with van der Waals surface area (Å²) in [6.45, 7) is 2.27.